The minimum atomic E-state index is 0.0572. The van der Waals surface area contributed by atoms with Gasteiger partial charge in [-0.3, -0.25) is 9.69 Å². The third-order valence-corrected chi connectivity index (χ3v) is 5.29. The zero-order valence-corrected chi connectivity index (χ0v) is 14.9. The van der Waals surface area contributed by atoms with E-state index in [1.165, 1.54) is 19.3 Å². The first-order valence-corrected chi connectivity index (χ1v) is 9.57. The molecule has 0 unspecified atom stereocenters. The number of furan rings is 1. The Balaban J connectivity index is 1.49. The quantitative estimate of drug-likeness (QED) is 0.870. The van der Waals surface area contributed by atoms with Crippen molar-refractivity contribution >= 4 is 5.91 Å². The number of nitrogens with zero attached hydrogens (tertiary/aromatic N) is 2. The van der Waals surface area contributed by atoms with E-state index >= 15 is 0 Å². The molecular formula is C19H31N3O2. The van der Waals surface area contributed by atoms with Crippen LogP contribution in [-0.2, 0) is 6.54 Å². The third-order valence-electron chi connectivity index (χ3n) is 5.29. The average molecular weight is 333 g/mol. The summed E-state index contributed by atoms with van der Waals surface area (Å²) in [5.74, 6) is 2.18. The fourth-order valence-electron chi connectivity index (χ4n) is 3.76. The molecule has 0 aromatic carbocycles. The van der Waals surface area contributed by atoms with Gasteiger partial charge in [0.2, 0.25) is 0 Å². The number of hydrogen-bond donors (Lipinski definition) is 1. The fourth-order valence-corrected chi connectivity index (χ4v) is 3.76. The molecule has 1 aromatic heterocycles. The van der Waals surface area contributed by atoms with E-state index in [0.717, 1.165) is 64.4 Å². The van der Waals surface area contributed by atoms with Crippen LogP contribution in [0.25, 0.3) is 0 Å². The zero-order valence-electron chi connectivity index (χ0n) is 14.9. The largest absolute Gasteiger partial charge is 0.455 e. The molecule has 3 heterocycles. The molecule has 0 bridgehead atoms. The molecule has 2 aliphatic heterocycles. The maximum Gasteiger partial charge on any atom is 0.289 e. The highest BCUT2D eigenvalue weighted by atomic mass is 16.4. The van der Waals surface area contributed by atoms with Crippen LogP contribution < -0.4 is 5.32 Å². The smallest absolute Gasteiger partial charge is 0.289 e. The fraction of sp³-hybridized carbons (Fsp3) is 0.737. The lowest BCUT2D eigenvalue weighted by Crippen LogP contribution is -2.40. The number of rotatable bonds is 6. The molecule has 0 saturated carbocycles. The molecule has 2 saturated heterocycles. The lowest BCUT2D eigenvalue weighted by molar-refractivity contribution is 0.0654. The maximum absolute atomic E-state index is 12.6. The maximum atomic E-state index is 12.6. The highest BCUT2D eigenvalue weighted by Crippen LogP contribution is 2.20. The van der Waals surface area contributed by atoms with Gasteiger partial charge in [-0.05, 0) is 69.9 Å². The highest BCUT2D eigenvalue weighted by molar-refractivity contribution is 5.91. The Morgan fingerprint density at radius 1 is 1.17 bits per heavy atom. The van der Waals surface area contributed by atoms with Gasteiger partial charge in [0.05, 0.1) is 6.54 Å². The molecule has 1 N–H and O–H groups in total. The minimum absolute atomic E-state index is 0.0572. The number of carbonyl (C=O) groups excluding carboxylic acids is 1. The van der Waals surface area contributed by atoms with Crippen LogP contribution in [0.2, 0.25) is 0 Å². The summed E-state index contributed by atoms with van der Waals surface area (Å²) in [7, 11) is 0. The number of amides is 1. The first-order valence-electron chi connectivity index (χ1n) is 9.57. The van der Waals surface area contributed by atoms with Crippen molar-refractivity contribution in [1.29, 1.82) is 0 Å². The van der Waals surface area contributed by atoms with Crippen molar-refractivity contribution in [2.24, 2.45) is 5.92 Å². The van der Waals surface area contributed by atoms with E-state index in [-0.39, 0.29) is 5.91 Å². The van der Waals surface area contributed by atoms with E-state index in [1.54, 1.807) is 0 Å². The summed E-state index contributed by atoms with van der Waals surface area (Å²) in [6.07, 6.45) is 6.05. The minimum Gasteiger partial charge on any atom is -0.455 e. The van der Waals surface area contributed by atoms with E-state index in [0.29, 0.717) is 11.7 Å². The van der Waals surface area contributed by atoms with Gasteiger partial charge in [-0.25, -0.2) is 0 Å². The Kier molecular flexibility index (Phi) is 6.32. The van der Waals surface area contributed by atoms with Crippen molar-refractivity contribution in [3.63, 3.8) is 0 Å². The van der Waals surface area contributed by atoms with Crippen molar-refractivity contribution < 1.29 is 9.21 Å². The molecule has 1 amide bonds. The molecule has 1 aromatic rings. The van der Waals surface area contributed by atoms with Crippen molar-refractivity contribution in [3.05, 3.63) is 23.7 Å². The number of likely N-dealkylation sites (tertiary alicyclic amines) is 2. The Morgan fingerprint density at radius 2 is 1.92 bits per heavy atom. The molecule has 2 aliphatic rings. The van der Waals surface area contributed by atoms with E-state index in [9.17, 15) is 4.79 Å². The first kappa shape index (κ1) is 17.5. The van der Waals surface area contributed by atoms with E-state index < -0.39 is 0 Å². The molecule has 5 heteroatoms. The van der Waals surface area contributed by atoms with Crippen LogP contribution in [0.15, 0.2) is 16.5 Å². The lowest BCUT2D eigenvalue weighted by atomic mass is 9.96. The Labute approximate surface area is 145 Å². The molecule has 0 aliphatic carbocycles. The molecule has 3 rings (SSSR count). The van der Waals surface area contributed by atoms with Gasteiger partial charge in [0, 0.05) is 13.1 Å². The van der Waals surface area contributed by atoms with Crippen LogP contribution in [0.1, 0.15) is 55.3 Å². The van der Waals surface area contributed by atoms with Gasteiger partial charge in [0.1, 0.15) is 5.76 Å². The van der Waals surface area contributed by atoms with Gasteiger partial charge in [-0.2, -0.15) is 0 Å². The van der Waals surface area contributed by atoms with Gasteiger partial charge in [-0.1, -0.05) is 13.3 Å². The lowest BCUT2D eigenvalue weighted by Gasteiger charge is -2.31. The van der Waals surface area contributed by atoms with Crippen LogP contribution in [0.4, 0.5) is 0 Å². The van der Waals surface area contributed by atoms with Crippen LogP contribution in [0.3, 0.4) is 0 Å². The highest BCUT2D eigenvalue weighted by Gasteiger charge is 2.25. The van der Waals surface area contributed by atoms with Crippen LogP contribution >= 0.6 is 0 Å². The second-order valence-corrected chi connectivity index (χ2v) is 7.15. The van der Waals surface area contributed by atoms with Gasteiger partial charge >= 0.3 is 0 Å². The molecule has 134 valence electrons. The number of nitrogens with one attached hydrogen (secondary N) is 1. The van der Waals surface area contributed by atoms with E-state index in [2.05, 4.69) is 17.1 Å². The second-order valence-electron chi connectivity index (χ2n) is 7.15. The summed E-state index contributed by atoms with van der Waals surface area (Å²) in [5.41, 5.74) is 0. The van der Waals surface area contributed by atoms with E-state index in [1.807, 2.05) is 17.0 Å². The summed E-state index contributed by atoms with van der Waals surface area (Å²) in [6.45, 7) is 9.03. The summed E-state index contributed by atoms with van der Waals surface area (Å²) in [6, 6.07) is 3.83. The Morgan fingerprint density at radius 3 is 2.62 bits per heavy atom. The molecule has 0 spiro atoms. The second kappa shape index (κ2) is 8.67. The zero-order chi connectivity index (χ0) is 16.8. The molecule has 0 radical (unpaired) electrons. The van der Waals surface area contributed by atoms with Crippen molar-refractivity contribution in [3.8, 4) is 0 Å². The summed E-state index contributed by atoms with van der Waals surface area (Å²) < 4.78 is 5.85. The predicted octanol–water partition coefficient (Wildman–Crippen LogP) is 2.73. The normalized spacial score (nSPS) is 20.5. The number of piperidine rings is 2. The first-order chi connectivity index (χ1) is 11.8. The Bertz CT molecular complexity index is 514. The van der Waals surface area contributed by atoms with Crippen molar-refractivity contribution in [1.82, 2.24) is 15.1 Å². The van der Waals surface area contributed by atoms with Crippen molar-refractivity contribution in [2.75, 3.05) is 39.3 Å². The van der Waals surface area contributed by atoms with Crippen molar-refractivity contribution in [2.45, 2.75) is 45.6 Å². The monoisotopic (exact) mass is 333 g/mol. The van der Waals surface area contributed by atoms with Gasteiger partial charge in [0.15, 0.2) is 5.76 Å². The van der Waals surface area contributed by atoms with Gasteiger partial charge in [0.25, 0.3) is 5.91 Å². The molecule has 5 nitrogen and oxygen atoms in total. The van der Waals surface area contributed by atoms with Gasteiger partial charge in [-0.15, -0.1) is 0 Å². The predicted molar refractivity (Wildman–Crippen MR) is 95.0 cm³/mol. The summed E-state index contributed by atoms with van der Waals surface area (Å²) in [5, 5.41) is 3.41. The van der Waals surface area contributed by atoms with Crippen LogP contribution in [0.5, 0.6) is 0 Å². The number of carbonyl (C=O) groups is 1. The molecular weight excluding hydrogens is 302 g/mol. The SMILES string of the molecule is CCNCC1CCN(C(=O)c2ccc(CN3CCCCC3)o2)CC1. The summed E-state index contributed by atoms with van der Waals surface area (Å²) in [4.78, 5) is 17.0. The van der Waals surface area contributed by atoms with Crippen LogP contribution in [0, 0.1) is 5.92 Å². The average Bonchev–Trinajstić information content (AvgIpc) is 3.09. The number of hydrogen-bond acceptors (Lipinski definition) is 4. The standard InChI is InChI=1S/C19H31N3O2/c1-2-20-14-16-8-12-22(13-9-16)19(23)18-7-6-17(24-18)15-21-10-4-3-5-11-21/h6-7,16,20H,2-5,8-15H2,1H3. The van der Waals surface area contributed by atoms with Crippen LogP contribution in [-0.4, -0.2) is 55.0 Å². The topological polar surface area (TPSA) is 48.7 Å². The molecule has 24 heavy (non-hydrogen) atoms. The summed E-state index contributed by atoms with van der Waals surface area (Å²) >= 11 is 0. The molecule has 0 atom stereocenters. The third kappa shape index (κ3) is 4.61. The van der Waals surface area contributed by atoms with Gasteiger partial charge < -0.3 is 14.6 Å². The van der Waals surface area contributed by atoms with E-state index in [4.69, 9.17) is 4.42 Å². The molecule has 2 fully saturated rings. The Hall–Kier alpha value is -1.33.